The standard InChI is InChI=1S/C44H54N16O5SSi/c1-8-46-30-25(2)41(59-23-52-32-35(48-21-50-37(32)59)56-39(61)26-15-11-9-12-16-26)63-28(30)19-47-43(66)55-31-29(20-54-58-45)64-42(34(31)65-67(6,7)44(3,4)5)60-24-53-33-36(49-22-51-38(33)60)57-40(62)27-17-13-10-14-18-27/h9-18,21-25,28-31,34,41-42,46H,8,19-20H2,1-7H3,(H2,47,55,66)(H,48,50,56,61)(H,49,51,57,62)/t25-,28-,29-,30+,31-,34?,41-,42-/m1/s1/i1T. The fourth-order valence-electron chi connectivity index (χ4n) is 8.13. The summed E-state index contributed by atoms with van der Waals surface area (Å²) < 4.78 is 32.2. The fourth-order valence-corrected chi connectivity index (χ4v) is 9.64. The van der Waals surface area contributed by atoms with Crippen LogP contribution in [0.15, 0.2) is 91.1 Å². The molecule has 67 heavy (non-hydrogen) atoms. The van der Waals surface area contributed by atoms with Crippen LogP contribution in [0.3, 0.4) is 0 Å². The van der Waals surface area contributed by atoms with E-state index in [1.165, 1.54) is 12.7 Å². The summed E-state index contributed by atoms with van der Waals surface area (Å²) in [5.41, 5.74) is 12.0. The van der Waals surface area contributed by atoms with Crippen molar-refractivity contribution >= 4 is 71.4 Å². The second kappa shape index (κ2) is 19.8. The van der Waals surface area contributed by atoms with Crippen LogP contribution < -0.4 is 26.6 Å². The first kappa shape index (κ1) is 45.7. The van der Waals surface area contributed by atoms with Crippen molar-refractivity contribution in [3.63, 3.8) is 0 Å². The molecule has 0 bridgehead atoms. The van der Waals surface area contributed by atoms with Crippen molar-refractivity contribution in [2.24, 2.45) is 11.0 Å². The lowest BCUT2D eigenvalue weighted by Gasteiger charge is -2.41. The first-order valence-corrected chi connectivity index (χ1v) is 25.1. The zero-order valence-electron chi connectivity index (χ0n) is 38.9. The molecule has 8 rings (SSSR count). The molecule has 23 heteroatoms. The molecule has 6 heterocycles. The van der Waals surface area contributed by atoms with E-state index in [0.29, 0.717) is 40.0 Å². The van der Waals surface area contributed by atoms with Gasteiger partial charge in [-0.2, -0.15) is 0 Å². The van der Waals surface area contributed by atoms with Gasteiger partial charge in [0.1, 0.15) is 25.0 Å². The van der Waals surface area contributed by atoms with Crippen molar-refractivity contribution in [1.29, 1.82) is 0 Å². The van der Waals surface area contributed by atoms with Crippen LogP contribution in [0.2, 0.25) is 18.1 Å². The lowest BCUT2D eigenvalue weighted by atomic mass is 9.98. The normalized spacial score (nSPS) is 23.1. The monoisotopic (exact) mass is 948 g/mol. The average molecular weight is 949 g/mol. The second-order valence-corrected chi connectivity index (χ2v) is 23.0. The smallest absolute Gasteiger partial charge is 0.256 e. The molecule has 0 spiro atoms. The Bertz CT molecular complexity index is 2810. The first-order valence-electron chi connectivity index (χ1n) is 22.5. The average Bonchev–Trinajstić information content (AvgIpc) is 4.11. The Morgan fingerprint density at radius 1 is 0.851 bits per heavy atom. The van der Waals surface area contributed by atoms with E-state index in [-0.39, 0.29) is 65.5 Å². The highest BCUT2D eigenvalue weighted by Crippen LogP contribution is 2.43. The van der Waals surface area contributed by atoms with E-state index in [2.05, 4.69) is 107 Å². The third-order valence-corrected chi connectivity index (χ3v) is 17.3. The summed E-state index contributed by atoms with van der Waals surface area (Å²) in [6.45, 7) is 13.5. The largest absolute Gasteiger partial charge is 0.407 e. The number of nitrogens with one attached hydrogen (secondary N) is 5. The number of rotatable bonds is 15. The van der Waals surface area contributed by atoms with Crippen LogP contribution in [-0.2, 0) is 13.9 Å². The number of thiocarbonyl (C=S) groups is 1. The summed E-state index contributed by atoms with van der Waals surface area (Å²) in [5, 5.41) is 20.0. The van der Waals surface area contributed by atoms with Gasteiger partial charge in [0.05, 0.1) is 37.4 Å². The first-order chi connectivity index (χ1) is 32.7. The topological polar surface area (TPSA) is 258 Å². The van der Waals surface area contributed by atoms with E-state index >= 15 is 0 Å². The number of benzene rings is 2. The molecule has 8 atom stereocenters. The van der Waals surface area contributed by atoms with E-state index in [1.807, 2.05) is 16.7 Å². The lowest BCUT2D eigenvalue weighted by Crippen LogP contribution is -2.56. The summed E-state index contributed by atoms with van der Waals surface area (Å²) in [5.74, 6) is -0.322. The maximum absolute atomic E-state index is 13.2. The van der Waals surface area contributed by atoms with Gasteiger partial charge in [-0.15, -0.1) is 0 Å². The highest BCUT2D eigenvalue weighted by molar-refractivity contribution is 7.80. The Hall–Kier alpha value is -6.46. The number of aromatic nitrogens is 8. The summed E-state index contributed by atoms with van der Waals surface area (Å²) in [4.78, 5) is 56.3. The third-order valence-electron chi connectivity index (χ3n) is 12.6. The quantitative estimate of drug-likeness (QED) is 0.0256. The minimum atomic E-state index is -2.56. The Morgan fingerprint density at radius 2 is 1.40 bits per heavy atom. The van der Waals surface area contributed by atoms with Gasteiger partial charge in [-0.05, 0) is 66.7 Å². The molecular formula is C44H54N16O5SSi. The molecule has 21 nitrogen and oxygen atoms in total. The molecule has 2 aliphatic rings. The molecular weight excluding hydrogens is 893 g/mol. The lowest BCUT2D eigenvalue weighted by molar-refractivity contribution is -0.0285. The third kappa shape index (κ3) is 9.84. The van der Waals surface area contributed by atoms with Gasteiger partial charge in [0.2, 0.25) is 0 Å². The van der Waals surface area contributed by atoms with Gasteiger partial charge in [0.25, 0.3) is 11.8 Å². The minimum absolute atomic E-state index is 0.0469. The second-order valence-electron chi connectivity index (χ2n) is 17.8. The molecule has 2 amide bonds. The Morgan fingerprint density at radius 3 is 1.94 bits per heavy atom. The molecule has 4 aromatic heterocycles. The molecule has 350 valence electrons. The molecule has 1 unspecified atom stereocenters. The van der Waals surface area contributed by atoms with Crippen LogP contribution >= 0.6 is 12.2 Å². The zero-order valence-corrected chi connectivity index (χ0v) is 39.7. The number of azide groups is 1. The van der Waals surface area contributed by atoms with Crippen molar-refractivity contribution in [2.45, 2.75) is 95.6 Å². The number of anilines is 2. The highest BCUT2D eigenvalue weighted by Gasteiger charge is 2.52. The Kier molecular flexibility index (Phi) is 13.5. The van der Waals surface area contributed by atoms with Crippen molar-refractivity contribution in [2.75, 3.05) is 30.3 Å². The SMILES string of the molecule is [3H]CCN[C@H]1[C@@H](C)[C@H](n2cnc3c(NC(=O)c4ccccc4)ncnc32)O[C@@H]1CNC(=S)N[C@H]1C(O[Si](C)(C)C(C)(C)C)[C@H](n2cnc3c(NC(=O)c4ccccc4)ncnc32)O[C@@H]1CN=[N+]=[N-]. The molecule has 0 aliphatic carbocycles. The summed E-state index contributed by atoms with van der Waals surface area (Å²) in [6.07, 6.45) is 2.68. The van der Waals surface area contributed by atoms with Crippen LogP contribution in [0.5, 0.6) is 0 Å². The fraction of sp³-hybridized carbons (Fsp3) is 0.432. The molecule has 0 radical (unpaired) electrons. The summed E-state index contributed by atoms with van der Waals surface area (Å²) in [7, 11) is -2.56. The van der Waals surface area contributed by atoms with Crippen molar-refractivity contribution < 1.29 is 24.9 Å². The van der Waals surface area contributed by atoms with Crippen molar-refractivity contribution in [3.8, 4) is 0 Å². The zero-order chi connectivity index (χ0) is 48.2. The molecule has 5 N–H and O–H groups in total. The molecule has 0 saturated carbocycles. The Balaban J connectivity index is 1.03. The van der Waals surface area contributed by atoms with E-state index in [9.17, 15) is 15.1 Å². The number of fused-ring (bicyclic) bond motifs is 2. The van der Waals surface area contributed by atoms with Gasteiger partial charge in [-0.3, -0.25) is 18.7 Å². The van der Waals surface area contributed by atoms with Crippen LogP contribution in [-0.4, -0.2) is 114 Å². The number of carbonyl (C=O) groups is 2. The number of ether oxygens (including phenoxy) is 2. The maximum Gasteiger partial charge on any atom is 0.256 e. The number of imidazole rings is 2. The predicted molar refractivity (Wildman–Crippen MR) is 257 cm³/mol. The minimum Gasteiger partial charge on any atom is -0.407 e. The van der Waals surface area contributed by atoms with E-state index in [1.54, 1.807) is 65.8 Å². The van der Waals surface area contributed by atoms with Gasteiger partial charge in [0.15, 0.2) is 53.6 Å². The van der Waals surface area contributed by atoms with Gasteiger partial charge < -0.3 is 40.5 Å². The summed E-state index contributed by atoms with van der Waals surface area (Å²) in [6, 6.07) is 16.8. The predicted octanol–water partition coefficient (Wildman–Crippen LogP) is 6.11. The Labute approximate surface area is 394 Å². The van der Waals surface area contributed by atoms with Crippen LogP contribution in [0, 0.1) is 5.92 Å². The van der Waals surface area contributed by atoms with Gasteiger partial charge in [0, 0.05) is 35.9 Å². The van der Waals surface area contributed by atoms with Gasteiger partial charge in [-0.1, -0.05) is 76.1 Å². The molecule has 2 aromatic carbocycles. The molecule has 6 aromatic rings. The van der Waals surface area contributed by atoms with Crippen LogP contribution in [0.25, 0.3) is 32.8 Å². The molecule has 2 saturated heterocycles. The molecule has 2 fully saturated rings. The van der Waals surface area contributed by atoms with Crippen molar-refractivity contribution in [1.82, 2.24) is 55.0 Å². The maximum atomic E-state index is 13.2. The number of amides is 2. The number of nitrogens with zero attached hydrogens (tertiary/aromatic N) is 11. The number of hydrogen-bond donors (Lipinski definition) is 5. The van der Waals surface area contributed by atoms with E-state index < -0.39 is 45.1 Å². The molecule has 2 aliphatic heterocycles. The number of likely N-dealkylation sites (N-methyl/N-ethyl adjacent to an activating group) is 1. The van der Waals surface area contributed by atoms with Gasteiger partial charge >= 0.3 is 0 Å². The number of hydrogen-bond acceptors (Lipinski definition) is 14. The van der Waals surface area contributed by atoms with E-state index in [4.69, 9.17) is 27.5 Å². The highest BCUT2D eigenvalue weighted by atomic mass is 32.1. The van der Waals surface area contributed by atoms with Gasteiger partial charge in [-0.25, -0.2) is 29.9 Å². The van der Waals surface area contributed by atoms with Crippen LogP contribution in [0.4, 0.5) is 11.6 Å². The van der Waals surface area contributed by atoms with Crippen molar-refractivity contribution in [3.05, 3.63) is 108 Å². The summed E-state index contributed by atoms with van der Waals surface area (Å²) >= 11 is 6.01. The van der Waals surface area contributed by atoms with Crippen LogP contribution in [0.1, 0.15) is 69.1 Å². The number of carbonyl (C=O) groups excluding carboxylic acids is 2. The van der Waals surface area contributed by atoms with E-state index in [0.717, 1.165) is 0 Å².